The molecule has 0 atom stereocenters. The number of rotatable bonds is 5. The van der Waals surface area contributed by atoms with E-state index in [1.807, 2.05) is 34.6 Å². The Morgan fingerprint density at radius 3 is 2.22 bits per heavy atom. The third-order valence-electron chi connectivity index (χ3n) is 2.83. The molecule has 0 saturated carbocycles. The van der Waals surface area contributed by atoms with Gasteiger partial charge in [-0.15, -0.1) is 0 Å². The van der Waals surface area contributed by atoms with Crippen molar-refractivity contribution in [3.63, 3.8) is 0 Å². The molecule has 0 unspecified atom stereocenters. The van der Waals surface area contributed by atoms with Crippen molar-refractivity contribution in [3.8, 4) is 5.75 Å². The highest BCUT2D eigenvalue weighted by atomic mass is 16.5. The largest absolute Gasteiger partial charge is 0.484 e. The fourth-order valence-electron chi connectivity index (χ4n) is 1.83. The molecule has 0 aliphatic rings. The van der Waals surface area contributed by atoms with Gasteiger partial charge < -0.3 is 15.4 Å². The molecule has 1 aromatic rings. The van der Waals surface area contributed by atoms with Crippen LogP contribution >= 0.6 is 0 Å². The van der Waals surface area contributed by atoms with Crippen molar-refractivity contribution in [2.75, 3.05) is 18.6 Å². The van der Waals surface area contributed by atoms with E-state index in [1.54, 1.807) is 31.3 Å². The second-order valence-corrected chi connectivity index (χ2v) is 6.74. The first-order valence-corrected chi connectivity index (χ1v) is 7.66. The Bertz CT molecular complexity index is 533. The zero-order valence-corrected chi connectivity index (χ0v) is 14.8. The second-order valence-electron chi connectivity index (χ2n) is 6.74. The van der Waals surface area contributed by atoms with Gasteiger partial charge in [0, 0.05) is 24.3 Å². The van der Waals surface area contributed by atoms with Crippen LogP contribution < -0.4 is 20.3 Å². The lowest BCUT2D eigenvalue weighted by Gasteiger charge is -2.21. The summed E-state index contributed by atoms with van der Waals surface area (Å²) in [6.07, 6.45) is 0. The van der Waals surface area contributed by atoms with Gasteiger partial charge in [0.2, 0.25) is 0 Å². The fraction of sp³-hybridized carbons (Fsp3) is 0.529. The number of carbonyl (C=O) groups excluding carboxylic acids is 2. The van der Waals surface area contributed by atoms with Crippen LogP contribution in [0.15, 0.2) is 24.3 Å². The summed E-state index contributed by atoms with van der Waals surface area (Å²) in [5, 5.41) is 5.65. The molecule has 1 aromatic carbocycles. The van der Waals surface area contributed by atoms with Gasteiger partial charge in [-0.05, 0) is 58.9 Å². The van der Waals surface area contributed by atoms with Crippen molar-refractivity contribution < 1.29 is 14.3 Å². The van der Waals surface area contributed by atoms with Crippen molar-refractivity contribution in [3.05, 3.63) is 24.3 Å². The molecule has 0 radical (unpaired) electrons. The lowest BCUT2D eigenvalue weighted by atomic mass is 10.1. The van der Waals surface area contributed by atoms with E-state index >= 15 is 0 Å². The van der Waals surface area contributed by atoms with E-state index in [2.05, 4.69) is 10.6 Å². The van der Waals surface area contributed by atoms with E-state index in [-0.39, 0.29) is 30.1 Å². The van der Waals surface area contributed by atoms with Gasteiger partial charge in [0.25, 0.3) is 5.91 Å². The molecule has 2 N–H and O–H groups in total. The minimum atomic E-state index is -0.281. The van der Waals surface area contributed by atoms with E-state index in [9.17, 15) is 9.59 Å². The van der Waals surface area contributed by atoms with Crippen LogP contribution in [-0.4, -0.2) is 37.2 Å². The molecule has 23 heavy (non-hydrogen) atoms. The Hall–Kier alpha value is -2.24. The molecular weight excluding hydrogens is 294 g/mol. The average molecular weight is 321 g/mol. The summed E-state index contributed by atoms with van der Waals surface area (Å²) in [4.78, 5) is 25.1. The van der Waals surface area contributed by atoms with Gasteiger partial charge in [0.05, 0.1) is 0 Å². The topological polar surface area (TPSA) is 70.7 Å². The standard InChI is InChI=1S/C17H27N3O3/c1-12(2)18-16(22)20(6)13-7-9-14(10-8-13)23-11-15(21)19-17(3,4)5/h7-10,12H,11H2,1-6H3,(H,18,22)(H,19,21). The predicted octanol–water partition coefficient (Wildman–Crippen LogP) is 2.53. The van der Waals surface area contributed by atoms with Crippen LogP contribution in [0.1, 0.15) is 34.6 Å². The highest BCUT2D eigenvalue weighted by Crippen LogP contribution is 2.18. The first-order valence-electron chi connectivity index (χ1n) is 7.66. The number of nitrogens with zero attached hydrogens (tertiary/aromatic N) is 1. The molecule has 6 heteroatoms. The number of nitrogens with one attached hydrogen (secondary N) is 2. The molecule has 0 aromatic heterocycles. The highest BCUT2D eigenvalue weighted by Gasteiger charge is 2.14. The number of ether oxygens (including phenoxy) is 1. The molecule has 0 spiro atoms. The highest BCUT2D eigenvalue weighted by molar-refractivity contribution is 5.91. The molecule has 0 fully saturated rings. The monoisotopic (exact) mass is 321 g/mol. The van der Waals surface area contributed by atoms with Gasteiger partial charge in [-0.2, -0.15) is 0 Å². The lowest BCUT2D eigenvalue weighted by Crippen LogP contribution is -2.43. The Morgan fingerprint density at radius 2 is 1.74 bits per heavy atom. The van der Waals surface area contributed by atoms with Gasteiger partial charge >= 0.3 is 6.03 Å². The molecule has 0 heterocycles. The van der Waals surface area contributed by atoms with Gasteiger partial charge in [-0.25, -0.2) is 4.79 Å². The van der Waals surface area contributed by atoms with Crippen LogP contribution in [0.3, 0.4) is 0 Å². The Morgan fingerprint density at radius 1 is 1.17 bits per heavy atom. The number of anilines is 1. The van der Waals surface area contributed by atoms with Crippen molar-refractivity contribution in [2.45, 2.75) is 46.2 Å². The van der Waals surface area contributed by atoms with Gasteiger partial charge in [-0.3, -0.25) is 9.69 Å². The minimum absolute atomic E-state index is 0.0414. The van der Waals surface area contributed by atoms with E-state index in [4.69, 9.17) is 4.74 Å². The molecule has 128 valence electrons. The first-order chi connectivity index (χ1) is 10.6. The predicted molar refractivity (Wildman–Crippen MR) is 91.9 cm³/mol. The van der Waals surface area contributed by atoms with E-state index in [1.165, 1.54) is 4.90 Å². The third-order valence-corrected chi connectivity index (χ3v) is 2.83. The van der Waals surface area contributed by atoms with E-state index in [0.29, 0.717) is 5.75 Å². The number of hydrogen-bond acceptors (Lipinski definition) is 3. The Kier molecular flexibility index (Phi) is 6.42. The van der Waals surface area contributed by atoms with Crippen molar-refractivity contribution in [1.82, 2.24) is 10.6 Å². The number of carbonyl (C=O) groups is 2. The number of urea groups is 1. The molecule has 0 saturated heterocycles. The molecule has 0 aliphatic heterocycles. The van der Waals surface area contributed by atoms with Crippen LogP contribution in [-0.2, 0) is 4.79 Å². The molecule has 0 bridgehead atoms. The number of amides is 3. The van der Waals surface area contributed by atoms with Gasteiger partial charge in [0.15, 0.2) is 6.61 Å². The van der Waals surface area contributed by atoms with Crippen LogP contribution in [0, 0.1) is 0 Å². The average Bonchev–Trinajstić information content (AvgIpc) is 2.42. The Labute approximate surface area is 138 Å². The van der Waals surface area contributed by atoms with Crippen LogP contribution in [0.4, 0.5) is 10.5 Å². The maximum Gasteiger partial charge on any atom is 0.321 e. The quantitative estimate of drug-likeness (QED) is 0.875. The molecule has 6 nitrogen and oxygen atoms in total. The summed E-state index contributed by atoms with van der Waals surface area (Å²) in [5.74, 6) is 0.408. The third kappa shape index (κ3) is 7.04. The fourth-order valence-corrected chi connectivity index (χ4v) is 1.83. The molecular formula is C17H27N3O3. The zero-order valence-electron chi connectivity index (χ0n) is 14.8. The maximum absolute atomic E-state index is 11.9. The molecule has 1 rings (SSSR count). The first kappa shape index (κ1) is 18.8. The summed E-state index contributed by atoms with van der Waals surface area (Å²) >= 11 is 0. The van der Waals surface area contributed by atoms with Crippen molar-refractivity contribution in [1.29, 1.82) is 0 Å². The van der Waals surface area contributed by atoms with Crippen LogP contribution in [0.2, 0.25) is 0 Å². The number of benzene rings is 1. The summed E-state index contributed by atoms with van der Waals surface area (Å²) in [6, 6.07) is 6.93. The summed E-state index contributed by atoms with van der Waals surface area (Å²) in [7, 11) is 1.70. The summed E-state index contributed by atoms with van der Waals surface area (Å²) in [5.41, 5.74) is 0.464. The Balaban J connectivity index is 2.56. The lowest BCUT2D eigenvalue weighted by molar-refractivity contribution is -0.124. The molecule has 0 aliphatic carbocycles. The van der Waals surface area contributed by atoms with E-state index < -0.39 is 0 Å². The summed E-state index contributed by atoms with van der Waals surface area (Å²) < 4.78 is 5.44. The normalized spacial score (nSPS) is 11.1. The SMILES string of the molecule is CC(C)NC(=O)N(C)c1ccc(OCC(=O)NC(C)(C)C)cc1. The second kappa shape index (κ2) is 7.85. The van der Waals surface area contributed by atoms with E-state index in [0.717, 1.165) is 5.69 Å². The maximum atomic E-state index is 11.9. The van der Waals surface area contributed by atoms with Crippen LogP contribution in [0.5, 0.6) is 5.75 Å². The smallest absolute Gasteiger partial charge is 0.321 e. The van der Waals surface area contributed by atoms with Crippen molar-refractivity contribution in [2.24, 2.45) is 0 Å². The van der Waals surface area contributed by atoms with Crippen LogP contribution in [0.25, 0.3) is 0 Å². The molecule has 3 amide bonds. The summed E-state index contributed by atoms with van der Waals surface area (Å²) in [6.45, 7) is 9.52. The zero-order chi connectivity index (χ0) is 17.6. The number of hydrogen-bond donors (Lipinski definition) is 2. The van der Waals surface area contributed by atoms with Gasteiger partial charge in [0.1, 0.15) is 5.75 Å². The van der Waals surface area contributed by atoms with Gasteiger partial charge in [-0.1, -0.05) is 0 Å². The minimum Gasteiger partial charge on any atom is -0.484 e. The van der Waals surface area contributed by atoms with Crippen molar-refractivity contribution >= 4 is 17.6 Å².